The van der Waals surface area contributed by atoms with Gasteiger partial charge in [-0.1, -0.05) is 0 Å². The van der Waals surface area contributed by atoms with Crippen molar-refractivity contribution in [2.75, 3.05) is 11.5 Å². The normalized spacial score (nSPS) is 9.71. The molecule has 1 amide bonds. The summed E-state index contributed by atoms with van der Waals surface area (Å²) in [6, 6.07) is 0. The zero-order valence-corrected chi connectivity index (χ0v) is 6.89. The lowest BCUT2D eigenvalue weighted by Crippen LogP contribution is -2.20. The monoisotopic (exact) mass is 197 g/mol. The van der Waals surface area contributed by atoms with Crippen LogP contribution in [-0.2, 0) is 0 Å². The molecule has 14 heavy (non-hydrogen) atoms. The second-order valence-electron chi connectivity index (χ2n) is 2.36. The summed E-state index contributed by atoms with van der Waals surface area (Å²) in [7, 11) is 0. The van der Waals surface area contributed by atoms with Gasteiger partial charge in [0.2, 0.25) is 0 Å². The lowest BCUT2D eigenvalue weighted by Gasteiger charge is -2.03. The van der Waals surface area contributed by atoms with Gasteiger partial charge < -0.3 is 22.3 Å². The third-order valence-corrected chi connectivity index (χ3v) is 1.39. The van der Waals surface area contributed by atoms with Gasteiger partial charge in [-0.15, -0.1) is 0 Å². The van der Waals surface area contributed by atoms with Gasteiger partial charge in [0.25, 0.3) is 5.91 Å². The van der Waals surface area contributed by atoms with E-state index >= 15 is 0 Å². The van der Waals surface area contributed by atoms with Gasteiger partial charge in [-0.3, -0.25) is 4.79 Å². The molecular formula is C6H7N5O3. The lowest BCUT2D eigenvalue weighted by atomic mass is 10.3. The van der Waals surface area contributed by atoms with E-state index in [-0.39, 0.29) is 11.5 Å². The SMILES string of the molecule is NC(=O)c1nc(N)c(C(=O)O)nc1N. The first-order chi connectivity index (χ1) is 6.43. The second-order valence-corrected chi connectivity index (χ2v) is 2.36. The summed E-state index contributed by atoms with van der Waals surface area (Å²) < 4.78 is 0. The van der Waals surface area contributed by atoms with Crippen LogP contribution in [0.25, 0.3) is 0 Å². The number of primary amides is 1. The van der Waals surface area contributed by atoms with Crippen LogP contribution in [-0.4, -0.2) is 27.0 Å². The van der Waals surface area contributed by atoms with Crippen LogP contribution in [0, 0.1) is 0 Å². The van der Waals surface area contributed by atoms with Crippen molar-refractivity contribution in [3.63, 3.8) is 0 Å². The molecule has 0 radical (unpaired) electrons. The summed E-state index contributed by atoms with van der Waals surface area (Å²) in [5, 5.41) is 8.57. The molecule has 1 rings (SSSR count). The summed E-state index contributed by atoms with van der Waals surface area (Å²) in [4.78, 5) is 28.0. The van der Waals surface area contributed by atoms with Crippen LogP contribution in [0.4, 0.5) is 11.6 Å². The fraction of sp³-hybridized carbons (Fsp3) is 0. The molecule has 8 nitrogen and oxygen atoms in total. The number of carboxylic acids is 1. The number of aromatic nitrogens is 2. The van der Waals surface area contributed by atoms with Gasteiger partial charge >= 0.3 is 5.97 Å². The number of nitrogen functional groups attached to an aromatic ring is 2. The minimum atomic E-state index is -1.38. The van der Waals surface area contributed by atoms with Crippen molar-refractivity contribution in [2.24, 2.45) is 5.73 Å². The molecule has 0 atom stereocenters. The van der Waals surface area contributed by atoms with Gasteiger partial charge in [0.15, 0.2) is 23.0 Å². The first kappa shape index (κ1) is 9.71. The van der Waals surface area contributed by atoms with Crippen molar-refractivity contribution in [2.45, 2.75) is 0 Å². The number of rotatable bonds is 2. The molecule has 1 heterocycles. The predicted octanol–water partition coefficient (Wildman–Crippen LogP) is -1.56. The summed E-state index contributed by atoms with van der Waals surface area (Å²) in [6.45, 7) is 0. The van der Waals surface area contributed by atoms with E-state index in [1.807, 2.05) is 0 Å². The molecule has 0 spiro atoms. The van der Waals surface area contributed by atoms with E-state index in [0.29, 0.717) is 0 Å². The highest BCUT2D eigenvalue weighted by atomic mass is 16.4. The molecule has 0 aromatic carbocycles. The van der Waals surface area contributed by atoms with Crippen molar-refractivity contribution in [3.05, 3.63) is 11.4 Å². The number of hydrogen-bond acceptors (Lipinski definition) is 6. The number of hydrogen-bond donors (Lipinski definition) is 4. The summed E-state index contributed by atoms with van der Waals surface area (Å²) in [6.07, 6.45) is 0. The summed E-state index contributed by atoms with van der Waals surface area (Å²) >= 11 is 0. The Hall–Kier alpha value is -2.38. The van der Waals surface area contributed by atoms with Crippen molar-refractivity contribution in [1.29, 1.82) is 0 Å². The van der Waals surface area contributed by atoms with Crippen molar-refractivity contribution in [1.82, 2.24) is 9.97 Å². The highest BCUT2D eigenvalue weighted by molar-refractivity contribution is 5.97. The third-order valence-electron chi connectivity index (χ3n) is 1.39. The highest BCUT2D eigenvalue weighted by Gasteiger charge is 2.17. The second kappa shape index (κ2) is 3.17. The zero-order valence-electron chi connectivity index (χ0n) is 6.89. The van der Waals surface area contributed by atoms with Gasteiger partial charge in [0.05, 0.1) is 0 Å². The lowest BCUT2D eigenvalue weighted by molar-refractivity contribution is 0.0690. The molecular weight excluding hydrogens is 190 g/mol. The quantitative estimate of drug-likeness (QED) is 0.446. The molecule has 0 aliphatic carbocycles. The van der Waals surface area contributed by atoms with Crippen LogP contribution in [0.5, 0.6) is 0 Å². The van der Waals surface area contributed by atoms with Crippen LogP contribution in [0.15, 0.2) is 0 Å². The fourth-order valence-corrected chi connectivity index (χ4v) is 0.800. The first-order valence-electron chi connectivity index (χ1n) is 3.39. The van der Waals surface area contributed by atoms with Gasteiger partial charge in [-0.25, -0.2) is 14.8 Å². The average molecular weight is 197 g/mol. The Morgan fingerprint density at radius 3 is 1.93 bits per heavy atom. The molecule has 0 fully saturated rings. The van der Waals surface area contributed by atoms with E-state index in [2.05, 4.69) is 9.97 Å². The number of nitrogens with two attached hydrogens (primary N) is 3. The van der Waals surface area contributed by atoms with E-state index in [1.165, 1.54) is 0 Å². The highest BCUT2D eigenvalue weighted by Crippen LogP contribution is 2.11. The first-order valence-corrected chi connectivity index (χ1v) is 3.39. The Labute approximate surface area is 77.7 Å². The number of aromatic carboxylic acids is 1. The molecule has 74 valence electrons. The molecule has 0 saturated carbocycles. The number of carbonyl (C=O) groups excluding carboxylic acids is 1. The van der Waals surface area contributed by atoms with Gasteiger partial charge in [0.1, 0.15) is 0 Å². The molecule has 1 aromatic rings. The van der Waals surface area contributed by atoms with Crippen LogP contribution in [0.3, 0.4) is 0 Å². The molecule has 0 unspecified atom stereocenters. The van der Waals surface area contributed by atoms with Crippen molar-refractivity contribution < 1.29 is 14.7 Å². The number of carboxylic acid groups (broad SMARTS) is 1. The van der Waals surface area contributed by atoms with E-state index < -0.39 is 23.4 Å². The minimum absolute atomic E-state index is 0.340. The van der Waals surface area contributed by atoms with Crippen LogP contribution < -0.4 is 17.2 Å². The van der Waals surface area contributed by atoms with Gasteiger partial charge in [-0.2, -0.15) is 0 Å². The number of anilines is 2. The van der Waals surface area contributed by atoms with Crippen molar-refractivity contribution in [3.8, 4) is 0 Å². The topological polar surface area (TPSA) is 158 Å². The third kappa shape index (κ3) is 1.53. The largest absolute Gasteiger partial charge is 0.476 e. The molecule has 0 bridgehead atoms. The Bertz CT molecular complexity index is 376. The zero-order chi connectivity index (χ0) is 10.9. The predicted molar refractivity (Wildman–Crippen MR) is 46.3 cm³/mol. The van der Waals surface area contributed by atoms with Crippen molar-refractivity contribution >= 4 is 23.5 Å². The van der Waals surface area contributed by atoms with Crippen LogP contribution in [0.2, 0.25) is 0 Å². The maximum absolute atomic E-state index is 10.7. The standard InChI is InChI=1S/C6H7N5O3/c7-3-1(5(9)12)10-4(8)2(11-3)6(13)14/h(H2,7,11)(H2,8,10)(H2,9,12)(H,13,14). The summed E-state index contributed by atoms with van der Waals surface area (Å²) in [5.74, 6) is -3.05. The average Bonchev–Trinajstić information content (AvgIpc) is 2.07. The van der Waals surface area contributed by atoms with E-state index in [4.69, 9.17) is 22.3 Å². The Kier molecular flexibility index (Phi) is 2.19. The Balaban J connectivity index is 3.38. The molecule has 8 heteroatoms. The maximum atomic E-state index is 10.7. The molecule has 0 aliphatic heterocycles. The fourth-order valence-electron chi connectivity index (χ4n) is 0.800. The molecule has 1 aromatic heterocycles. The molecule has 0 aliphatic rings. The Morgan fingerprint density at radius 1 is 1.07 bits per heavy atom. The smallest absolute Gasteiger partial charge is 0.358 e. The minimum Gasteiger partial charge on any atom is -0.476 e. The number of nitrogens with zero attached hydrogens (tertiary/aromatic N) is 2. The number of amides is 1. The van der Waals surface area contributed by atoms with E-state index in [1.54, 1.807) is 0 Å². The Morgan fingerprint density at radius 2 is 1.50 bits per heavy atom. The maximum Gasteiger partial charge on any atom is 0.358 e. The summed E-state index contributed by atoms with van der Waals surface area (Å²) in [5.41, 5.74) is 14.5. The van der Waals surface area contributed by atoms with Gasteiger partial charge in [0, 0.05) is 0 Å². The van der Waals surface area contributed by atoms with E-state index in [0.717, 1.165) is 0 Å². The molecule has 0 saturated heterocycles. The van der Waals surface area contributed by atoms with Crippen LogP contribution in [0.1, 0.15) is 21.0 Å². The molecule has 7 N–H and O–H groups in total. The van der Waals surface area contributed by atoms with Crippen LogP contribution >= 0.6 is 0 Å². The number of carbonyl (C=O) groups is 2. The van der Waals surface area contributed by atoms with E-state index in [9.17, 15) is 9.59 Å². The van der Waals surface area contributed by atoms with Gasteiger partial charge in [-0.05, 0) is 0 Å².